The maximum Gasteiger partial charge on any atom is 0.241 e. The Labute approximate surface area is 118 Å². The second-order valence-electron chi connectivity index (χ2n) is 3.71. The first kappa shape index (κ1) is 13.7. The van der Waals surface area contributed by atoms with Gasteiger partial charge in [0.25, 0.3) is 0 Å². The zero-order valence-electron chi connectivity index (χ0n) is 9.97. The van der Waals surface area contributed by atoms with Crippen molar-refractivity contribution in [2.45, 2.75) is 13.5 Å². The van der Waals surface area contributed by atoms with Gasteiger partial charge >= 0.3 is 0 Å². The Morgan fingerprint density at radius 2 is 2.33 bits per heavy atom. The summed E-state index contributed by atoms with van der Waals surface area (Å²) in [5, 5.41) is 12.9. The number of aliphatic hydroxyl groups excluding tert-OH is 1. The van der Waals surface area contributed by atoms with Gasteiger partial charge in [-0.05, 0) is 34.6 Å². The fourth-order valence-corrected chi connectivity index (χ4v) is 2.85. The molecule has 0 aromatic carbocycles. The van der Waals surface area contributed by atoms with Gasteiger partial charge in [0, 0.05) is 6.54 Å². The molecule has 98 valence electrons. The Balaban J connectivity index is 2.06. The van der Waals surface area contributed by atoms with E-state index in [9.17, 15) is 0 Å². The van der Waals surface area contributed by atoms with Gasteiger partial charge < -0.3 is 9.63 Å². The Morgan fingerprint density at radius 3 is 2.94 bits per heavy atom. The third-order valence-electron chi connectivity index (χ3n) is 2.48. The molecule has 0 atom stereocenters. The predicted octanol–water partition coefficient (Wildman–Crippen LogP) is 2.37. The number of halogens is 1. The molecular formula is C11H14BrN3O2S. The molecule has 0 unspecified atom stereocenters. The fraction of sp³-hybridized carbons (Fsp3) is 0.455. The zero-order valence-corrected chi connectivity index (χ0v) is 12.4. The highest BCUT2D eigenvalue weighted by atomic mass is 79.9. The lowest BCUT2D eigenvalue weighted by Gasteiger charge is -2.15. The smallest absolute Gasteiger partial charge is 0.241 e. The van der Waals surface area contributed by atoms with Crippen LogP contribution in [0.3, 0.4) is 0 Å². The zero-order chi connectivity index (χ0) is 13.0. The van der Waals surface area contributed by atoms with E-state index in [2.05, 4.69) is 26.1 Å². The van der Waals surface area contributed by atoms with Crippen molar-refractivity contribution in [3.8, 4) is 10.7 Å². The van der Waals surface area contributed by atoms with Crippen LogP contribution >= 0.6 is 27.3 Å². The van der Waals surface area contributed by atoms with Crippen molar-refractivity contribution < 1.29 is 9.63 Å². The van der Waals surface area contributed by atoms with Crippen molar-refractivity contribution in [1.29, 1.82) is 0 Å². The van der Waals surface area contributed by atoms with E-state index in [1.807, 2.05) is 24.0 Å². The Hall–Kier alpha value is -0.760. The van der Waals surface area contributed by atoms with E-state index in [1.165, 1.54) is 0 Å². The lowest BCUT2D eigenvalue weighted by molar-refractivity contribution is 0.180. The van der Waals surface area contributed by atoms with E-state index in [-0.39, 0.29) is 6.61 Å². The van der Waals surface area contributed by atoms with E-state index in [0.717, 1.165) is 15.2 Å². The average Bonchev–Trinajstić information content (AvgIpc) is 2.97. The molecule has 2 heterocycles. The van der Waals surface area contributed by atoms with Crippen LogP contribution in [0.1, 0.15) is 12.8 Å². The van der Waals surface area contributed by atoms with Crippen LogP contribution in [0.2, 0.25) is 0 Å². The Morgan fingerprint density at radius 1 is 1.50 bits per heavy atom. The average molecular weight is 332 g/mol. The molecule has 0 aliphatic rings. The highest BCUT2D eigenvalue weighted by Crippen LogP contribution is 2.29. The van der Waals surface area contributed by atoms with Crippen molar-refractivity contribution in [1.82, 2.24) is 15.0 Å². The van der Waals surface area contributed by atoms with Crippen molar-refractivity contribution >= 4 is 27.3 Å². The molecule has 18 heavy (non-hydrogen) atoms. The summed E-state index contributed by atoms with van der Waals surface area (Å²) in [5.74, 6) is 1.19. The molecule has 5 nitrogen and oxygen atoms in total. The highest BCUT2D eigenvalue weighted by Gasteiger charge is 2.13. The fourth-order valence-electron chi connectivity index (χ4n) is 1.54. The van der Waals surface area contributed by atoms with Gasteiger partial charge in [0.05, 0.1) is 21.8 Å². The normalized spacial score (nSPS) is 11.3. The number of aromatic nitrogens is 2. The molecule has 2 aromatic rings. The van der Waals surface area contributed by atoms with Gasteiger partial charge in [-0.2, -0.15) is 4.98 Å². The summed E-state index contributed by atoms with van der Waals surface area (Å²) in [7, 11) is 0. The number of aliphatic hydroxyl groups is 1. The highest BCUT2D eigenvalue weighted by molar-refractivity contribution is 9.11. The largest absolute Gasteiger partial charge is 0.395 e. The maximum absolute atomic E-state index is 8.92. The topological polar surface area (TPSA) is 62.4 Å². The molecular weight excluding hydrogens is 318 g/mol. The summed E-state index contributed by atoms with van der Waals surface area (Å²) >= 11 is 4.97. The number of hydrogen-bond acceptors (Lipinski definition) is 6. The molecule has 0 aliphatic carbocycles. The first-order valence-electron chi connectivity index (χ1n) is 5.64. The van der Waals surface area contributed by atoms with Crippen LogP contribution in [0.15, 0.2) is 20.4 Å². The van der Waals surface area contributed by atoms with Crippen molar-refractivity contribution in [3.05, 3.63) is 21.8 Å². The van der Waals surface area contributed by atoms with Crippen LogP contribution in [0.25, 0.3) is 10.7 Å². The van der Waals surface area contributed by atoms with Crippen molar-refractivity contribution in [3.63, 3.8) is 0 Å². The summed E-state index contributed by atoms with van der Waals surface area (Å²) in [6.07, 6.45) is 0. The maximum atomic E-state index is 8.92. The van der Waals surface area contributed by atoms with Gasteiger partial charge in [0.15, 0.2) is 0 Å². The molecule has 0 bridgehead atoms. The van der Waals surface area contributed by atoms with E-state index in [0.29, 0.717) is 24.8 Å². The van der Waals surface area contributed by atoms with Gasteiger partial charge in [0.1, 0.15) is 0 Å². The molecule has 0 saturated heterocycles. The predicted molar refractivity (Wildman–Crippen MR) is 73.3 cm³/mol. The number of hydrogen-bond donors (Lipinski definition) is 1. The molecule has 0 saturated carbocycles. The summed E-state index contributed by atoms with van der Waals surface area (Å²) in [5.41, 5.74) is 0. The summed E-state index contributed by atoms with van der Waals surface area (Å²) in [6, 6.07) is 3.91. The van der Waals surface area contributed by atoms with Crippen LogP contribution in [0, 0.1) is 0 Å². The second-order valence-corrected chi connectivity index (χ2v) is 6.17. The molecule has 0 fully saturated rings. The lowest BCUT2D eigenvalue weighted by Crippen LogP contribution is -2.26. The number of thiophene rings is 1. The minimum Gasteiger partial charge on any atom is -0.395 e. The second kappa shape index (κ2) is 6.42. The van der Waals surface area contributed by atoms with Crippen LogP contribution in [0.5, 0.6) is 0 Å². The molecule has 2 aromatic heterocycles. The summed E-state index contributed by atoms with van der Waals surface area (Å²) in [6.45, 7) is 4.17. The number of nitrogens with zero attached hydrogens (tertiary/aromatic N) is 3. The number of likely N-dealkylation sites (N-methyl/N-ethyl adjacent to an activating group) is 1. The number of rotatable bonds is 6. The molecule has 0 spiro atoms. The standard InChI is InChI=1S/C11H14BrN3O2S/c1-2-15(5-6-16)7-10-13-11(14-17-10)8-3-4-9(12)18-8/h3-4,16H,2,5-7H2,1H3. The molecule has 0 amide bonds. The van der Waals surface area contributed by atoms with Crippen molar-refractivity contribution in [2.24, 2.45) is 0 Å². The third kappa shape index (κ3) is 3.38. The first-order chi connectivity index (χ1) is 8.72. The lowest BCUT2D eigenvalue weighted by atomic mass is 10.4. The van der Waals surface area contributed by atoms with Gasteiger partial charge in [-0.15, -0.1) is 11.3 Å². The van der Waals surface area contributed by atoms with Gasteiger partial charge in [-0.25, -0.2) is 0 Å². The molecule has 0 radical (unpaired) electrons. The van der Waals surface area contributed by atoms with Crippen LogP contribution in [0.4, 0.5) is 0 Å². The van der Waals surface area contributed by atoms with E-state index in [4.69, 9.17) is 9.63 Å². The quantitative estimate of drug-likeness (QED) is 0.880. The van der Waals surface area contributed by atoms with E-state index < -0.39 is 0 Å². The van der Waals surface area contributed by atoms with Gasteiger partial charge in [-0.3, -0.25) is 4.90 Å². The molecule has 1 N–H and O–H groups in total. The van der Waals surface area contributed by atoms with Crippen LogP contribution in [-0.2, 0) is 6.54 Å². The Kier molecular flexibility index (Phi) is 4.87. The summed E-state index contributed by atoms with van der Waals surface area (Å²) < 4.78 is 6.25. The van der Waals surface area contributed by atoms with Crippen LogP contribution in [-0.4, -0.2) is 39.8 Å². The van der Waals surface area contributed by atoms with Gasteiger partial charge in [-0.1, -0.05) is 12.1 Å². The molecule has 0 aliphatic heterocycles. The minimum absolute atomic E-state index is 0.132. The molecule has 2 rings (SSSR count). The van der Waals surface area contributed by atoms with Crippen LogP contribution < -0.4 is 0 Å². The minimum atomic E-state index is 0.132. The third-order valence-corrected chi connectivity index (χ3v) is 4.10. The Bertz CT molecular complexity index is 500. The van der Waals surface area contributed by atoms with E-state index >= 15 is 0 Å². The molecule has 7 heteroatoms. The van der Waals surface area contributed by atoms with Gasteiger partial charge in [0.2, 0.25) is 11.7 Å². The SMILES string of the molecule is CCN(CCO)Cc1nc(-c2ccc(Br)s2)no1. The summed E-state index contributed by atoms with van der Waals surface area (Å²) in [4.78, 5) is 7.37. The van der Waals surface area contributed by atoms with E-state index in [1.54, 1.807) is 11.3 Å². The van der Waals surface area contributed by atoms with Crippen molar-refractivity contribution in [2.75, 3.05) is 19.7 Å². The first-order valence-corrected chi connectivity index (χ1v) is 7.25. The monoisotopic (exact) mass is 331 g/mol.